The van der Waals surface area contributed by atoms with Crippen LogP contribution in [0.4, 0.5) is 19.0 Å². The van der Waals surface area contributed by atoms with Gasteiger partial charge in [-0.2, -0.15) is 13.2 Å². The molecule has 1 fully saturated rings. The minimum Gasteiger partial charge on any atom is -0.406 e. The molecule has 0 N–H and O–H groups in total. The van der Waals surface area contributed by atoms with Gasteiger partial charge in [-0.15, -0.1) is 16.4 Å². The summed E-state index contributed by atoms with van der Waals surface area (Å²) in [6.45, 7) is 4.46. The van der Waals surface area contributed by atoms with Crippen LogP contribution in [0.25, 0.3) is 10.2 Å². The number of anilines is 1. The standard InChI is InChI=1S/C18H17F3N4OS/c1-12-23-15-10-14(3-4-16(15)27-12)26-25-8-6-24(7-9-25)17-5-2-13(11-22-17)18(19,20)21/h2-5,10-11H,6-9H2,1H3. The van der Waals surface area contributed by atoms with Crippen molar-refractivity contribution in [3.63, 3.8) is 0 Å². The summed E-state index contributed by atoms with van der Waals surface area (Å²) in [6, 6.07) is 8.32. The number of aryl methyl sites for hydroxylation is 1. The largest absolute Gasteiger partial charge is 0.417 e. The lowest BCUT2D eigenvalue weighted by Crippen LogP contribution is -2.48. The number of fused-ring (bicyclic) bond motifs is 1. The Morgan fingerprint density at radius 3 is 2.52 bits per heavy atom. The predicted molar refractivity (Wildman–Crippen MR) is 98.0 cm³/mol. The molecule has 0 unspecified atom stereocenters. The van der Waals surface area contributed by atoms with Gasteiger partial charge in [-0.1, -0.05) is 0 Å². The van der Waals surface area contributed by atoms with Gasteiger partial charge in [-0.3, -0.25) is 0 Å². The topological polar surface area (TPSA) is 41.5 Å². The summed E-state index contributed by atoms with van der Waals surface area (Å²) >= 11 is 1.64. The molecule has 9 heteroatoms. The van der Waals surface area contributed by atoms with Gasteiger partial charge in [0.1, 0.15) is 11.6 Å². The predicted octanol–water partition coefficient (Wildman–Crippen LogP) is 4.13. The molecule has 27 heavy (non-hydrogen) atoms. The van der Waals surface area contributed by atoms with E-state index in [1.54, 1.807) is 11.3 Å². The maximum absolute atomic E-state index is 12.6. The van der Waals surface area contributed by atoms with Crippen LogP contribution in [0.3, 0.4) is 0 Å². The quantitative estimate of drug-likeness (QED) is 0.668. The number of pyridine rings is 1. The van der Waals surface area contributed by atoms with Gasteiger partial charge in [0.05, 0.1) is 33.9 Å². The zero-order valence-electron chi connectivity index (χ0n) is 14.5. The van der Waals surface area contributed by atoms with Crippen LogP contribution in [0.5, 0.6) is 5.75 Å². The van der Waals surface area contributed by atoms with Gasteiger partial charge in [-0.05, 0) is 31.2 Å². The zero-order chi connectivity index (χ0) is 19.0. The van der Waals surface area contributed by atoms with Crippen molar-refractivity contribution in [3.8, 4) is 5.75 Å². The molecule has 142 valence electrons. The summed E-state index contributed by atoms with van der Waals surface area (Å²) in [5.41, 5.74) is 0.184. The number of alkyl halides is 3. The van der Waals surface area contributed by atoms with Crippen molar-refractivity contribution in [1.82, 2.24) is 15.0 Å². The van der Waals surface area contributed by atoms with E-state index >= 15 is 0 Å². The first-order valence-electron chi connectivity index (χ1n) is 8.47. The first kappa shape index (κ1) is 18.0. The lowest BCUT2D eigenvalue weighted by Gasteiger charge is -2.34. The van der Waals surface area contributed by atoms with Crippen LogP contribution < -0.4 is 9.74 Å². The van der Waals surface area contributed by atoms with Crippen molar-refractivity contribution in [2.45, 2.75) is 13.1 Å². The van der Waals surface area contributed by atoms with Gasteiger partial charge in [0.2, 0.25) is 0 Å². The molecule has 0 amide bonds. The van der Waals surface area contributed by atoms with Crippen molar-refractivity contribution < 1.29 is 18.0 Å². The molecule has 3 heterocycles. The van der Waals surface area contributed by atoms with E-state index in [1.165, 1.54) is 6.07 Å². The van der Waals surface area contributed by atoms with E-state index in [0.717, 1.165) is 33.2 Å². The van der Waals surface area contributed by atoms with E-state index < -0.39 is 11.7 Å². The highest BCUT2D eigenvalue weighted by molar-refractivity contribution is 7.18. The molecule has 3 aromatic rings. The lowest BCUT2D eigenvalue weighted by molar-refractivity contribution is -0.137. The Morgan fingerprint density at radius 2 is 1.85 bits per heavy atom. The van der Waals surface area contributed by atoms with Gasteiger partial charge in [-0.25, -0.2) is 9.97 Å². The van der Waals surface area contributed by atoms with Crippen molar-refractivity contribution in [2.75, 3.05) is 31.1 Å². The van der Waals surface area contributed by atoms with Crippen molar-refractivity contribution >= 4 is 27.4 Å². The number of hydrogen-bond acceptors (Lipinski definition) is 6. The van der Waals surface area contributed by atoms with E-state index in [-0.39, 0.29) is 0 Å². The fraction of sp³-hybridized carbons (Fsp3) is 0.333. The maximum Gasteiger partial charge on any atom is 0.417 e. The number of hydroxylamine groups is 2. The number of thiazole rings is 1. The molecule has 0 saturated carbocycles. The molecule has 2 aromatic heterocycles. The minimum absolute atomic E-state index is 0.544. The third-order valence-electron chi connectivity index (χ3n) is 4.34. The third kappa shape index (κ3) is 3.98. The highest BCUT2D eigenvalue weighted by atomic mass is 32.1. The molecule has 0 bridgehead atoms. The van der Waals surface area contributed by atoms with Crippen molar-refractivity contribution in [3.05, 3.63) is 47.1 Å². The summed E-state index contributed by atoms with van der Waals surface area (Å²) in [5.74, 6) is 1.27. The monoisotopic (exact) mass is 394 g/mol. The molecule has 1 aliphatic rings. The van der Waals surface area contributed by atoms with Crippen LogP contribution in [0.15, 0.2) is 36.5 Å². The van der Waals surface area contributed by atoms with Crippen LogP contribution in [-0.2, 0) is 6.18 Å². The number of nitrogens with zero attached hydrogens (tertiary/aromatic N) is 4. The second kappa shape index (κ2) is 6.97. The molecule has 0 radical (unpaired) electrons. The summed E-state index contributed by atoms with van der Waals surface area (Å²) in [6.07, 6.45) is -3.49. The van der Waals surface area contributed by atoms with Gasteiger partial charge in [0.15, 0.2) is 0 Å². The Bertz CT molecular complexity index is 934. The zero-order valence-corrected chi connectivity index (χ0v) is 15.3. The fourth-order valence-electron chi connectivity index (χ4n) is 2.98. The number of hydrogen-bond donors (Lipinski definition) is 0. The maximum atomic E-state index is 12.6. The van der Waals surface area contributed by atoms with Crippen LogP contribution in [0.2, 0.25) is 0 Å². The molecule has 1 aliphatic heterocycles. The first-order chi connectivity index (χ1) is 12.9. The Morgan fingerprint density at radius 1 is 1.07 bits per heavy atom. The Balaban J connectivity index is 1.36. The van der Waals surface area contributed by atoms with Gasteiger partial charge in [0, 0.05) is 25.4 Å². The number of rotatable bonds is 3. The lowest BCUT2D eigenvalue weighted by atomic mass is 10.2. The minimum atomic E-state index is -4.37. The summed E-state index contributed by atoms with van der Waals surface area (Å²) in [4.78, 5) is 16.3. The second-order valence-electron chi connectivity index (χ2n) is 6.27. The molecular weight excluding hydrogens is 377 g/mol. The molecule has 0 aliphatic carbocycles. The Labute approximate surface area is 158 Å². The SMILES string of the molecule is Cc1nc2cc(ON3CCN(c4ccc(C(F)(F)F)cn4)CC3)ccc2s1. The Hall–Kier alpha value is -2.39. The van der Waals surface area contributed by atoms with E-state index in [9.17, 15) is 13.2 Å². The van der Waals surface area contributed by atoms with Crippen molar-refractivity contribution in [2.24, 2.45) is 0 Å². The molecule has 1 saturated heterocycles. The van der Waals surface area contributed by atoms with Gasteiger partial charge < -0.3 is 9.74 Å². The number of benzene rings is 1. The molecular formula is C18H17F3N4OS. The smallest absolute Gasteiger partial charge is 0.406 e. The fourth-order valence-corrected chi connectivity index (χ4v) is 3.79. The van der Waals surface area contributed by atoms with Gasteiger partial charge >= 0.3 is 6.18 Å². The average Bonchev–Trinajstić information content (AvgIpc) is 3.01. The van der Waals surface area contributed by atoms with E-state index in [0.29, 0.717) is 32.0 Å². The molecule has 5 nitrogen and oxygen atoms in total. The number of halogens is 3. The number of piperazine rings is 1. The van der Waals surface area contributed by atoms with Crippen LogP contribution in [0.1, 0.15) is 10.6 Å². The highest BCUT2D eigenvalue weighted by Crippen LogP contribution is 2.30. The Kier molecular flexibility index (Phi) is 4.65. The molecule has 0 atom stereocenters. The number of aromatic nitrogens is 2. The normalized spacial score (nSPS) is 16.1. The summed E-state index contributed by atoms with van der Waals surface area (Å²) < 4.78 is 39.0. The first-order valence-corrected chi connectivity index (χ1v) is 9.28. The average molecular weight is 394 g/mol. The van der Waals surface area contributed by atoms with Crippen LogP contribution in [0, 0.1) is 6.92 Å². The van der Waals surface area contributed by atoms with Crippen LogP contribution in [-0.4, -0.2) is 41.2 Å². The molecule has 4 rings (SSSR count). The van der Waals surface area contributed by atoms with Gasteiger partial charge in [0.25, 0.3) is 0 Å². The summed E-state index contributed by atoms with van der Waals surface area (Å²) in [5, 5.41) is 2.86. The molecule has 1 aromatic carbocycles. The van der Waals surface area contributed by atoms with E-state index in [2.05, 4.69) is 9.97 Å². The highest BCUT2D eigenvalue weighted by Gasteiger charge is 2.31. The summed E-state index contributed by atoms with van der Waals surface area (Å²) in [7, 11) is 0. The second-order valence-corrected chi connectivity index (χ2v) is 7.51. The van der Waals surface area contributed by atoms with Crippen LogP contribution >= 0.6 is 11.3 Å². The third-order valence-corrected chi connectivity index (χ3v) is 5.29. The van der Waals surface area contributed by atoms with E-state index in [4.69, 9.17) is 4.84 Å². The molecule has 0 spiro atoms. The van der Waals surface area contributed by atoms with Crippen molar-refractivity contribution in [1.29, 1.82) is 0 Å². The van der Waals surface area contributed by atoms with E-state index in [1.807, 2.05) is 35.1 Å².